The number of para-hydroxylation sites is 1. The topological polar surface area (TPSA) is 80.8 Å². The molecule has 2 aromatic carbocycles. The van der Waals surface area contributed by atoms with E-state index in [4.69, 9.17) is 0 Å². The van der Waals surface area contributed by atoms with Crippen LogP contribution >= 0.6 is 0 Å². The van der Waals surface area contributed by atoms with Gasteiger partial charge in [-0.1, -0.05) is 36.4 Å². The van der Waals surface area contributed by atoms with Gasteiger partial charge in [-0.2, -0.15) is 0 Å². The van der Waals surface area contributed by atoms with Gasteiger partial charge in [-0.25, -0.2) is 4.98 Å². The average Bonchev–Trinajstić information content (AvgIpc) is 3.16. The summed E-state index contributed by atoms with van der Waals surface area (Å²) in [7, 11) is 0. The lowest BCUT2D eigenvalue weighted by molar-refractivity contribution is -0.384. The molecule has 7 heteroatoms. The fourth-order valence-electron chi connectivity index (χ4n) is 3.20. The molecule has 0 fully saturated rings. The third kappa shape index (κ3) is 3.98. The number of aromatic nitrogens is 2. The monoisotopic (exact) mass is 386 g/mol. The number of carbonyl (C=O) groups is 1. The Balaban J connectivity index is 1.62. The van der Waals surface area contributed by atoms with Gasteiger partial charge in [-0.15, -0.1) is 0 Å². The highest BCUT2D eigenvalue weighted by Crippen LogP contribution is 2.20. The van der Waals surface area contributed by atoms with Gasteiger partial charge < -0.3 is 9.30 Å². The summed E-state index contributed by atoms with van der Waals surface area (Å²) >= 11 is 0. The molecular formula is C22H18N4O3. The highest BCUT2D eigenvalue weighted by Gasteiger charge is 2.19. The molecule has 1 amide bonds. The first-order chi connectivity index (χ1) is 14.1. The van der Waals surface area contributed by atoms with Gasteiger partial charge in [0.1, 0.15) is 5.65 Å². The second kappa shape index (κ2) is 7.93. The number of amides is 1. The van der Waals surface area contributed by atoms with Crippen LogP contribution in [0.5, 0.6) is 0 Å². The van der Waals surface area contributed by atoms with Crippen LogP contribution in [0.1, 0.15) is 11.3 Å². The Labute approximate surface area is 167 Å². The molecule has 0 aliphatic rings. The van der Waals surface area contributed by atoms with Crippen LogP contribution in [-0.4, -0.2) is 20.2 Å². The van der Waals surface area contributed by atoms with Crippen LogP contribution in [0.3, 0.4) is 0 Å². The number of hydrogen-bond acceptors (Lipinski definition) is 4. The number of benzene rings is 2. The van der Waals surface area contributed by atoms with E-state index in [0.717, 1.165) is 22.6 Å². The van der Waals surface area contributed by atoms with Crippen molar-refractivity contribution in [2.24, 2.45) is 0 Å². The number of pyridine rings is 1. The van der Waals surface area contributed by atoms with Gasteiger partial charge in [0, 0.05) is 24.0 Å². The summed E-state index contributed by atoms with van der Waals surface area (Å²) < 4.78 is 1.95. The van der Waals surface area contributed by atoms with E-state index >= 15 is 0 Å². The van der Waals surface area contributed by atoms with Crippen LogP contribution in [0.2, 0.25) is 0 Å². The maximum Gasteiger partial charge on any atom is 0.269 e. The molecule has 0 saturated carbocycles. The van der Waals surface area contributed by atoms with Crippen molar-refractivity contribution in [3.8, 4) is 0 Å². The zero-order valence-electron chi connectivity index (χ0n) is 15.5. The Hall–Kier alpha value is -4.00. The molecule has 144 valence electrons. The first-order valence-corrected chi connectivity index (χ1v) is 9.11. The number of nitro benzene ring substituents is 1. The molecule has 4 aromatic rings. The summed E-state index contributed by atoms with van der Waals surface area (Å²) in [5.74, 6) is -0.101. The van der Waals surface area contributed by atoms with E-state index in [2.05, 4.69) is 4.98 Å². The molecule has 0 aliphatic heterocycles. The molecule has 0 saturated heterocycles. The molecule has 0 atom stereocenters. The fourth-order valence-corrected chi connectivity index (χ4v) is 3.20. The van der Waals surface area contributed by atoms with Crippen molar-refractivity contribution in [2.45, 2.75) is 13.0 Å². The lowest BCUT2D eigenvalue weighted by Gasteiger charge is -2.23. The summed E-state index contributed by atoms with van der Waals surface area (Å²) in [4.78, 5) is 29.6. The molecule has 7 nitrogen and oxygen atoms in total. The van der Waals surface area contributed by atoms with E-state index in [0.29, 0.717) is 6.54 Å². The number of carbonyl (C=O) groups excluding carboxylic acids is 1. The van der Waals surface area contributed by atoms with E-state index in [-0.39, 0.29) is 18.0 Å². The number of non-ortho nitro benzene ring substituents is 1. The highest BCUT2D eigenvalue weighted by molar-refractivity contribution is 5.94. The van der Waals surface area contributed by atoms with E-state index in [1.165, 1.54) is 12.1 Å². The molecular weight excluding hydrogens is 368 g/mol. The minimum absolute atomic E-state index is 0.00634. The molecule has 4 rings (SSSR count). The number of anilines is 1. The van der Waals surface area contributed by atoms with Gasteiger partial charge in [-0.3, -0.25) is 14.9 Å². The average molecular weight is 386 g/mol. The van der Waals surface area contributed by atoms with Crippen LogP contribution in [0.4, 0.5) is 11.4 Å². The maximum absolute atomic E-state index is 13.2. The Bertz CT molecular complexity index is 1150. The van der Waals surface area contributed by atoms with Crippen LogP contribution in [0.15, 0.2) is 85.2 Å². The lowest BCUT2D eigenvalue weighted by Crippen LogP contribution is -2.32. The van der Waals surface area contributed by atoms with Crippen LogP contribution in [0, 0.1) is 10.1 Å². The first kappa shape index (κ1) is 18.4. The fraction of sp³-hybridized carbons (Fsp3) is 0.0909. The Morgan fingerprint density at radius 2 is 1.72 bits per heavy atom. The summed E-state index contributed by atoms with van der Waals surface area (Å²) in [5, 5.41) is 10.8. The van der Waals surface area contributed by atoms with Crippen LogP contribution in [-0.2, 0) is 17.8 Å². The molecule has 0 bridgehead atoms. The van der Waals surface area contributed by atoms with Crippen molar-refractivity contribution in [1.82, 2.24) is 9.38 Å². The lowest BCUT2D eigenvalue weighted by atomic mass is 10.1. The van der Waals surface area contributed by atoms with Crippen molar-refractivity contribution < 1.29 is 9.72 Å². The molecule has 0 spiro atoms. The highest BCUT2D eigenvalue weighted by atomic mass is 16.6. The summed E-state index contributed by atoms with van der Waals surface area (Å²) in [6.07, 6.45) is 3.83. The SMILES string of the molecule is O=C(Cc1ccc([N+](=O)[O-])cc1)N(Cc1cnc2ccccn12)c1ccccc1. The Morgan fingerprint density at radius 1 is 1.00 bits per heavy atom. The number of nitrogens with zero attached hydrogens (tertiary/aromatic N) is 4. The van der Waals surface area contributed by atoms with Gasteiger partial charge in [0.25, 0.3) is 5.69 Å². The smallest absolute Gasteiger partial charge is 0.269 e. The second-order valence-electron chi connectivity index (χ2n) is 6.59. The first-order valence-electron chi connectivity index (χ1n) is 9.11. The quantitative estimate of drug-likeness (QED) is 0.370. The second-order valence-corrected chi connectivity index (χ2v) is 6.59. The van der Waals surface area contributed by atoms with Crippen molar-refractivity contribution in [3.05, 3.63) is 107 Å². The molecule has 0 aliphatic carbocycles. The summed E-state index contributed by atoms with van der Waals surface area (Å²) in [6, 6.07) is 21.3. The molecule has 0 unspecified atom stereocenters. The van der Waals surface area contributed by atoms with E-state index in [1.807, 2.05) is 59.1 Å². The molecule has 2 heterocycles. The molecule has 2 aromatic heterocycles. The van der Waals surface area contributed by atoms with Crippen LogP contribution in [0.25, 0.3) is 5.65 Å². The van der Waals surface area contributed by atoms with Crippen molar-refractivity contribution in [2.75, 3.05) is 4.90 Å². The molecule has 29 heavy (non-hydrogen) atoms. The minimum Gasteiger partial charge on any atom is -0.306 e. The Morgan fingerprint density at radius 3 is 2.45 bits per heavy atom. The number of rotatable bonds is 6. The zero-order chi connectivity index (χ0) is 20.2. The van der Waals surface area contributed by atoms with Gasteiger partial charge in [-0.05, 0) is 29.8 Å². The third-order valence-electron chi connectivity index (χ3n) is 4.69. The third-order valence-corrected chi connectivity index (χ3v) is 4.69. The number of hydrogen-bond donors (Lipinski definition) is 0. The van der Waals surface area contributed by atoms with Gasteiger partial charge in [0.2, 0.25) is 5.91 Å². The van der Waals surface area contributed by atoms with Crippen molar-refractivity contribution >= 4 is 22.9 Å². The van der Waals surface area contributed by atoms with Crippen molar-refractivity contribution in [1.29, 1.82) is 0 Å². The van der Waals surface area contributed by atoms with E-state index in [9.17, 15) is 14.9 Å². The van der Waals surface area contributed by atoms with Crippen LogP contribution < -0.4 is 4.90 Å². The predicted octanol–water partition coefficient (Wildman–Crippen LogP) is 4.02. The van der Waals surface area contributed by atoms with E-state index in [1.54, 1.807) is 23.2 Å². The van der Waals surface area contributed by atoms with E-state index < -0.39 is 4.92 Å². The minimum atomic E-state index is -0.452. The van der Waals surface area contributed by atoms with Gasteiger partial charge >= 0.3 is 0 Å². The number of fused-ring (bicyclic) bond motifs is 1. The Kier molecular flexibility index (Phi) is 5.03. The molecule has 0 N–H and O–H groups in total. The van der Waals surface area contributed by atoms with Crippen molar-refractivity contribution in [3.63, 3.8) is 0 Å². The largest absolute Gasteiger partial charge is 0.306 e. The number of nitro groups is 1. The predicted molar refractivity (Wildman–Crippen MR) is 110 cm³/mol. The standard InChI is InChI=1S/C22H18N4O3/c27-22(14-17-9-11-19(12-10-17)26(28)29)25(18-6-2-1-3-7-18)16-20-15-23-21-8-4-5-13-24(20)21/h1-13,15H,14,16H2. The maximum atomic E-state index is 13.2. The summed E-state index contributed by atoms with van der Waals surface area (Å²) in [6.45, 7) is 0.362. The van der Waals surface area contributed by atoms with Gasteiger partial charge in [0.15, 0.2) is 0 Å². The van der Waals surface area contributed by atoms with Gasteiger partial charge in [0.05, 0.1) is 29.8 Å². The number of imidazole rings is 1. The summed E-state index contributed by atoms with van der Waals surface area (Å²) in [5.41, 5.74) is 3.22. The zero-order valence-corrected chi connectivity index (χ0v) is 15.5. The normalized spacial score (nSPS) is 10.8. The molecule has 0 radical (unpaired) electrons.